The summed E-state index contributed by atoms with van der Waals surface area (Å²) in [7, 11) is 0. The average Bonchev–Trinajstić information content (AvgIpc) is 2.50. The van der Waals surface area contributed by atoms with E-state index >= 15 is 0 Å². The molecule has 3 rings (SSSR count). The first-order chi connectivity index (χ1) is 10.3. The van der Waals surface area contributed by atoms with E-state index in [1.165, 1.54) is 30.4 Å². The smallest absolute Gasteiger partial charge is 0.130 e. The molecular formula is C18H20ClNO. The zero-order valence-electron chi connectivity index (χ0n) is 12.1. The van der Waals surface area contributed by atoms with Gasteiger partial charge in [-0.1, -0.05) is 17.7 Å². The zero-order valence-corrected chi connectivity index (χ0v) is 12.8. The molecule has 0 radical (unpaired) electrons. The number of fused-ring (bicyclic) bond motifs is 1. The summed E-state index contributed by atoms with van der Waals surface area (Å²) in [6.45, 7) is 0.584. The van der Waals surface area contributed by atoms with Gasteiger partial charge in [0.25, 0.3) is 0 Å². The molecule has 0 saturated carbocycles. The third-order valence-electron chi connectivity index (χ3n) is 3.98. The fraction of sp³-hybridized carbons (Fsp3) is 0.333. The molecule has 110 valence electrons. The minimum atomic E-state index is 0.584. The fourth-order valence-corrected chi connectivity index (χ4v) is 3.09. The summed E-state index contributed by atoms with van der Waals surface area (Å²) in [6, 6.07) is 12.1. The Balaban J connectivity index is 1.86. The van der Waals surface area contributed by atoms with E-state index in [9.17, 15) is 0 Å². The lowest BCUT2D eigenvalue weighted by Crippen LogP contribution is -2.05. The van der Waals surface area contributed by atoms with Crippen LogP contribution >= 0.6 is 11.6 Å². The van der Waals surface area contributed by atoms with Crippen molar-refractivity contribution < 1.29 is 4.74 Å². The van der Waals surface area contributed by atoms with E-state index in [1.54, 1.807) is 0 Å². The molecule has 0 atom stereocenters. The molecule has 0 aliphatic heterocycles. The van der Waals surface area contributed by atoms with E-state index in [4.69, 9.17) is 22.1 Å². The van der Waals surface area contributed by atoms with Crippen LogP contribution in [0.2, 0.25) is 5.02 Å². The Bertz CT molecular complexity index is 639. The van der Waals surface area contributed by atoms with Gasteiger partial charge in [-0.15, -0.1) is 0 Å². The first kappa shape index (κ1) is 14.4. The van der Waals surface area contributed by atoms with Gasteiger partial charge in [-0.2, -0.15) is 0 Å². The molecule has 0 amide bonds. The predicted octanol–water partition coefficient (Wildman–Crippen LogP) is 4.51. The molecule has 21 heavy (non-hydrogen) atoms. The number of benzene rings is 2. The van der Waals surface area contributed by atoms with Crippen LogP contribution < -0.4 is 10.5 Å². The molecule has 0 saturated heterocycles. The Morgan fingerprint density at radius 3 is 2.62 bits per heavy atom. The van der Waals surface area contributed by atoms with Crippen molar-refractivity contribution in [3.8, 4) is 11.5 Å². The van der Waals surface area contributed by atoms with Crippen molar-refractivity contribution >= 4 is 11.6 Å². The van der Waals surface area contributed by atoms with Crippen LogP contribution in [-0.4, -0.2) is 6.54 Å². The molecule has 2 nitrogen and oxygen atoms in total. The molecule has 0 spiro atoms. The van der Waals surface area contributed by atoms with Gasteiger partial charge in [-0.25, -0.2) is 0 Å². The van der Waals surface area contributed by atoms with Gasteiger partial charge in [0, 0.05) is 5.02 Å². The van der Waals surface area contributed by atoms with Gasteiger partial charge < -0.3 is 10.5 Å². The van der Waals surface area contributed by atoms with Crippen LogP contribution in [0.5, 0.6) is 11.5 Å². The molecule has 3 heteroatoms. The monoisotopic (exact) mass is 301 g/mol. The van der Waals surface area contributed by atoms with Crippen LogP contribution in [-0.2, 0) is 19.3 Å². The minimum Gasteiger partial charge on any atom is -0.457 e. The summed E-state index contributed by atoms with van der Waals surface area (Å²) < 4.78 is 6.07. The second-order valence-corrected chi connectivity index (χ2v) is 5.97. The van der Waals surface area contributed by atoms with Crippen LogP contribution in [0.1, 0.15) is 29.5 Å². The number of hydrogen-bond donors (Lipinski definition) is 1. The minimum absolute atomic E-state index is 0.584. The molecule has 0 fully saturated rings. The van der Waals surface area contributed by atoms with Gasteiger partial charge in [0.05, 0.1) is 0 Å². The van der Waals surface area contributed by atoms with Crippen LogP contribution in [0.3, 0.4) is 0 Å². The van der Waals surface area contributed by atoms with Crippen molar-refractivity contribution in [2.75, 3.05) is 6.54 Å². The van der Waals surface area contributed by atoms with Crippen molar-refractivity contribution in [2.24, 2.45) is 5.73 Å². The van der Waals surface area contributed by atoms with Crippen molar-refractivity contribution in [2.45, 2.75) is 32.1 Å². The predicted molar refractivity (Wildman–Crippen MR) is 87.4 cm³/mol. The van der Waals surface area contributed by atoms with Crippen LogP contribution in [0.25, 0.3) is 0 Å². The van der Waals surface area contributed by atoms with Gasteiger partial charge in [-0.3, -0.25) is 0 Å². The highest BCUT2D eigenvalue weighted by Gasteiger charge is 2.11. The maximum atomic E-state index is 6.07. The number of ether oxygens (including phenoxy) is 1. The van der Waals surface area contributed by atoms with E-state index in [1.807, 2.05) is 18.2 Å². The van der Waals surface area contributed by atoms with E-state index in [2.05, 4.69) is 18.2 Å². The molecule has 0 bridgehead atoms. The third kappa shape index (κ3) is 3.39. The lowest BCUT2D eigenvalue weighted by Gasteiger charge is -2.17. The van der Waals surface area contributed by atoms with Crippen molar-refractivity contribution in [3.63, 3.8) is 0 Å². The van der Waals surface area contributed by atoms with Gasteiger partial charge >= 0.3 is 0 Å². The Kier molecular flexibility index (Phi) is 4.47. The van der Waals surface area contributed by atoms with E-state index in [0.29, 0.717) is 6.54 Å². The molecule has 0 unspecified atom stereocenters. The van der Waals surface area contributed by atoms with Crippen LogP contribution in [0.15, 0.2) is 36.4 Å². The standard InChI is InChI=1S/C18H20ClNO/c19-16-6-8-18(15(11-16)9-10-20)21-17-7-5-13-3-1-2-4-14(13)12-17/h5-8,11-12H,1-4,9-10,20H2. The summed E-state index contributed by atoms with van der Waals surface area (Å²) in [5.74, 6) is 1.75. The van der Waals surface area contributed by atoms with Gasteiger partial charge in [0.2, 0.25) is 0 Å². The molecular weight excluding hydrogens is 282 g/mol. The SMILES string of the molecule is NCCc1cc(Cl)ccc1Oc1ccc2c(c1)CCCC2. The maximum Gasteiger partial charge on any atom is 0.130 e. The highest BCUT2D eigenvalue weighted by Crippen LogP contribution is 2.31. The summed E-state index contributed by atoms with van der Waals surface area (Å²) >= 11 is 6.05. The van der Waals surface area contributed by atoms with Gasteiger partial charge in [-0.05, 0) is 85.7 Å². The Morgan fingerprint density at radius 1 is 1.00 bits per heavy atom. The summed E-state index contributed by atoms with van der Waals surface area (Å²) in [5.41, 5.74) is 9.61. The second kappa shape index (κ2) is 6.50. The van der Waals surface area contributed by atoms with E-state index < -0.39 is 0 Å². The number of aryl methyl sites for hydroxylation is 2. The third-order valence-corrected chi connectivity index (χ3v) is 4.22. The number of halogens is 1. The first-order valence-corrected chi connectivity index (χ1v) is 7.92. The first-order valence-electron chi connectivity index (χ1n) is 7.54. The Hall–Kier alpha value is -1.51. The number of hydrogen-bond acceptors (Lipinski definition) is 2. The number of nitrogens with two attached hydrogens (primary N) is 1. The molecule has 2 N–H and O–H groups in total. The van der Waals surface area contributed by atoms with Crippen molar-refractivity contribution in [1.82, 2.24) is 0 Å². The fourth-order valence-electron chi connectivity index (χ4n) is 2.90. The second-order valence-electron chi connectivity index (χ2n) is 5.53. The summed E-state index contributed by atoms with van der Waals surface area (Å²) in [6.07, 6.45) is 5.68. The lowest BCUT2D eigenvalue weighted by atomic mass is 9.92. The van der Waals surface area contributed by atoms with Crippen molar-refractivity contribution in [3.05, 3.63) is 58.1 Å². The largest absolute Gasteiger partial charge is 0.457 e. The molecule has 0 aromatic heterocycles. The highest BCUT2D eigenvalue weighted by atomic mass is 35.5. The van der Waals surface area contributed by atoms with Gasteiger partial charge in [0.1, 0.15) is 11.5 Å². The molecule has 1 aliphatic rings. The highest BCUT2D eigenvalue weighted by molar-refractivity contribution is 6.30. The van der Waals surface area contributed by atoms with E-state index in [0.717, 1.165) is 34.9 Å². The lowest BCUT2D eigenvalue weighted by molar-refractivity contribution is 0.474. The van der Waals surface area contributed by atoms with Crippen LogP contribution in [0.4, 0.5) is 0 Å². The van der Waals surface area contributed by atoms with Crippen LogP contribution in [0, 0.1) is 0 Å². The summed E-state index contributed by atoms with van der Waals surface area (Å²) in [4.78, 5) is 0. The topological polar surface area (TPSA) is 35.2 Å². The summed E-state index contributed by atoms with van der Waals surface area (Å²) in [5, 5.41) is 0.719. The Labute approximate surface area is 130 Å². The molecule has 0 heterocycles. The quantitative estimate of drug-likeness (QED) is 0.901. The number of rotatable bonds is 4. The average molecular weight is 302 g/mol. The maximum absolute atomic E-state index is 6.07. The normalized spacial score (nSPS) is 13.8. The molecule has 1 aliphatic carbocycles. The van der Waals surface area contributed by atoms with Gasteiger partial charge in [0.15, 0.2) is 0 Å². The zero-order chi connectivity index (χ0) is 14.7. The Morgan fingerprint density at radius 2 is 1.81 bits per heavy atom. The molecule has 2 aromatic rings. The van der Waals surface area contributed by atoms with Crippen molar-refractivity contribution in [1.29, 1.82) is 0 Å². The molecule has 2 aromatic carbocycles. The van der Waals surface area contributed by atoms with E-state index in [-0.39, 0.29) is 0 Å².